The number of piperidine rings is 1. The maximum absolute atomic E-state index is 12.6. The third-order valence-electron chi connectivity index (χ3n) is 4.57. The van der Waals surface area contributed by atoms with Crippen LogP contribution in [0.15, 0.2) is 42.9 Å². The predicted octanol–water partition coefficient (Wildman–Crippen LogP) is 3.21. The largest absolute Gasteiger partial charge is 0.472 e. The average molecular weight is 339 g/mol. The molecule has 0 bridgehead atoms. The van der Waals surface area contributed by atoms with E-state index in [-0.39, 0.29) is 12.0 Å². The number of benzene rings is 1. The standard InChI is InChI=1S/C20H25N3O2/c1-15(2)17-7-5-16(6-8-17)12-20(24)23-11-3-4-18(13-23)25-19-9-10-21-14-22-19/h5-10,14-15,18H,3-4,11-13H2,1-2H3. The van der Waals surface area contributed by atoms with Crippen molar-refractivity contribution in [1.82, 2.24) is 14.9 Å². The zero-order valence-electron chi connectivity index (χ0n) is 14.9. The van der Waals surface area contributed by atoms with E-state index < -0.39 is 0 Å². The van der Waals surface area contributed by atoms with Gasteiger partial charge in [-0.2, -0.15) is 0 Å². The Bertz CT molecular complexity index is 686. The SMILES string of the molecule is CC(C)c1ccc(CC(=O)N2CCCC(Oc3ccncn3)C2)cc1. The summed E-state index contributed by atoms with van der Waals surface area (Å²) in [5, 5.41) is 0. The molecule has 1 aliphatic rings. The molecule has 1 fully saturated rings. The fraction of sp³-hybridized carbons (Fsp3) is 0.450. The first-order valence-corrected chi connectivity index (χ1v) is 8.91. The minimum absolute atomic E-state index is 0.00378. The first-order valence-electron chi connectivity index (χ1n) is 8.91. The maximum Gasteiger partial charge on any atom is 0.227 e. The highest BCUT2D eigenvalue weighted by Crippen LogP contribution is 2.18. The van der Waals surface area contributed by atoms with Gasteiger partial charge in [0.1, 0.15) is 12.4 Å². The first-order chi connectivity index (χ1) is 12.1. The van der Waals surface area contributed by atoms with Crippen LogP contribution in [0.25, 0.3) is 0 Å². The molecule has 0 spiro atoms. The van der Waals surface area contributed by atoms with E-state index in [1.54, 1.807) is 12.3 Å². The molecule has 0 aliphatic carbocycles. The Balaban J connectivity index is 1.56. The number of hydrogen-bond acceptors (Lipinski definition) is 4. The number of ether oxygens (including phenoxy) is 1. The highest BCUT2D eigenvalue weighted by Gasteiger charge is 2.25. The van der Waals surface area contributed by atoms with Gasteiger partial charge >= 0.3 is 0 Å². The van der Waals surface area contributed by atoms with Gasteiger partial charge in [0.2, 0.25) is 11.8 Å². The number of rotatable bonds is 5. The van der Waals surface area contributed by atoms with Gasteiger partial charge in [-0.3, -0.25) is 4.79 Å². The van der Waals surface area contributed by atoms with Gasteiger partial charge in [-0.1, -0.05) is 38.1 Å². The van der Waals surface area contributed by atoms with Crippen molar-refractivity contribution >= 4 is 5.91 Å². The van der Waals surface area contributed by atoms with Crippen LogP contribution in [-0.2, 0) is 11.2 Å². The highest BCUT2D eigenvalue weighted by molar-refractivity contribution is 5.79. The van der Waals surface area contributed by atoms with Crippen molar-refractivity contribution in [2.45, 2.75) is 45.1 Å². The molecular formula is C20H25N3O2. The Morgan fingerprint density at radius 3 is 2.76 bits per heavy atom. The van der Waals surface area contributed by atoms with E-state index in [4.69, 9.17) is 4.74 Å². The second kappa shape index (κ2) is 8.10. The van der Waals surface area contributed by atoms with Gasteiger partial charge in [-0.05, 0) is 29.9 Å². The molecule has 25 heavy (non-hydrogen) atoms. The lowest BCUT2D eigenvalue weighted by atomic mass is 10.0. The van der Waals surface area contributed by atoms with E-state index in [1.807, 2.05) is 4.90 Å². The lowest BCUT2D eigenvalue weighted by Crippen LogP contribution is -2.45. The fourth-order valence-electron chi connectivity index (χ4n) is 3.09. The van der Waals surface area contributed by atoms with Crippen LogP contribution in [0.1, 0.15) is 43.7 Å². The van der Waals surface area contributed by atoms with E-state index in [0.29, 0.717) is 24.8 Å². The van der Waals surface area contributed by atoms with Crippen LogP contribution in [0.4, 0.5) is 0 Å². The Morgan fingerprint density at radius 1 is 1.28 bits per heavy atom. The Kier molecular flexibility index (Phi) is 5.64. The molecule has 2 heterocycles. The summed E-state index contributed by atoms with van der Waals surface area (Å²) in [6.07, 6.45) is 5.47. The molecule has 1 aliphatic heterocycles. The summed E-state index contributed by atoms with van der Waals surface area (Å²) in [4.78, 5) is 22.5. The van der Waals surface area contributed by atoms with Crippen molar-refractivity contribution in [2.75, 3.05) is 13.1 Å². The quantitative estimate of drug-likeness (QED) is 0.839. The summed E-state index contributed by atoms with van der Waals surface area (Å²) >= 11 is 0. The van der Waals surface area contributed by atoms with Gasteiger partial charge < -0.3 is 9.64 Å². The summed E-state index contributed by atoms with van der Waals surface area (Å²) in [5.41, 5.74) is 2.36. The highest BCUT2D eigenvalue weighted by atomic mass is 16.5. The van der Waals surface area contributed by atoms with Crippen molar-refractivity contribution in [2.24, 2.45) is 0 Å². The van der Waals surface area contributed by atoms with Crippen molar-refractivity contribution in [3.05, 3.63) is 54.0 Å². The first kappa shape index (κ1) is 17.4. The van der Waals surface area contributed by atoms with Crippen LogP contribution in [0, 0.1) is 0 Å². The summed E-state index contributed by atoms with van der Waals surface area (Å²) < 4.78 is 5.88. The lowest BCUT2D eigenvalue weighted by molar-refractivity contribution is -0.133. The minimum Gasteiger partial charge on any atom is -0.472 e. The molecule has 3 rings (SSSR count). The molecule has 5 heteroatoms. The van der Waals surface area contributed by atoms with E-state index in [1.165, 1.54) is 11.9 Å². The molecule has 5 nitrogen and oxygen atoms in total. The molecule has 1 amide bonds. The second-order valence-electron chi connectivity index (χ2n) is 6.84. The summed E-state index contributed by atoms with van der Waals surface area (Å²) in [7, 11) is 0. The third kappa shape index (κ3) is 4.78. The average Bonchev–Trinajstić information content (AvgIpc) is 2.63. The molecule has 0 saturated carbocycles. The normalized spacial score (nSPS) is 17.6. The maximum atomic E-state index is 12.6. The second-order valence-corrected chi connectivity index (χ2v) is 6.84. The van der Waals surface area contributed by atoms with Crippen LogP contribution in [-0.4, -0.2) is 40.0 Å². The lowest BCUT2D eigenvalue weighted by Gasteiger charge is -2.32. The van der Waals surface area contributed by atoms with E-state index in [0.717, 1.165) is 24.9 Å². The Hall–Kier alpha value is -2.43. The minimum atomic E-state index is -0.00378. The summed E-state index contributed by atoms with van der Waals surface area (Å²) in [5.74, 6) is 1.23. The monoisotopic (exact) mass is 339 g/mol. The molecule has 1 unspecified atom stereocenters. The number of nitrogens with zero attached hydrogens (tertiary/aromatic N) is 3. The predicted molar refractivity (Wildman–Crippen MR) is 96.5 cm³/mol. The number of likely N-dealkylation sites (tertiary alicyclic amines) is 1. The third-order valence-corrected chi connectivity index (χ3v) is 4.57. The molecule has 1 aromatic heterocycles. The van der Waals surface area contributed by atoms with Crippen LogP contribution >= 0.6 is 0 Å². The van der Waals surface area contributed by atoms with Crippen molar-refractivity contribution < 1.29 is 9.53 Å². The molecular weight excluding hydrogens is 314 g/mol. The zero-order chi connectivity index (χ0) is 17.6. The summed E-state index contributed by atoms with van der Waals surface area (Å²) in [6, 6.07) is 10.1. The number of hydrogen-bond donors (Lipinski definition) is 0. The smallest absolute Gasteiger partial charge is 0.227 e. The van der Waals surface area contributed by atoms with E-state index in [2.05, 4.69) is 48.1 Å². The van der Waals surface area contributed by atoms with Crippen molar-refractivity contribution in [3.8, 4) is 5.88 Å². The number of carbonyl (C=O) groups excluding carboxylic acids is 1. The van der Waals surface area contributed by atoms with Gasteiger partial charge in [0.05, 0.1) is 13.0 Å². The van der Waals surface area contributed by atoms with Gasteiger partial charge in [0.25, 0.3) is 0 Å². The topological polar surface area (TPSA) is 55.3 Å². The van der Waals surface area contributed by atoms with Crippen LogP contribution in [0.2, 0.25) is 0 Å². The Labute approximate surface area is 149 Å². The van der Waals surface area contributed by atoms with Crippen LogP contribution in [0.5, 0.6) is 5.88 Å². The molecule has 1 aromatic carbocycles. The molecule has 0 radical (unpaired) electrons. The molecule has 1 saturated heterocycles. The molecule has 2 aromatic rings. The molecule has 0 N–H and O–H groups in total. The van der Waals surface area contributed by atoms with Gasteiger partial charge in [-0.25, -0.2) is 9.97 Å². The van der Waals surface area contributed by atoms with Crippen LogP contribution < -0.4 is 4.74 Å². The van der Waals surface area contributed by atoms with Gasteiger partial charge in [0, 0.05) is 18.8 Å². The van der Waals surface area contributed by atoms with Crippen LogP contribution in [0.3, 0.4) is 0 Å². The summed E-state index contributed by atoms with van der Waals surface area (Å²) in [6.45, 7) is 5.76. The molecule has 132 valence electrons. The Morgan fingerprint density at radius 2 is 2.08 bits per heavy atom. The number of amides is 1. The zero-order valence-corrected chi connectivity index (χ0v) is 14.9. The van der Waals surface area contributed by atoms with Gasteiger partial charge in [-0.15, -0.1) is 0 Å². The van der Waals surface area contributed by atoms with E-state index >= 15 is 0 Å². The molecule has 1 atom stereocenters. The van der Waals surface area contributed by atoms with Gasteiger partial charge in [0.15, 0.2) is 0 Å². The van der Waals surface area contributed by atoms with Crippen molar-refractivity contribution in [3.63, 3.8) is 0 Å². The van der Waals surface area contributed by atoms with E-state index in [9.17, 15) is 4.79 Å². The number of carbonyl (C=O) groups is 1. The number of aromatic nitrogens is 2. The van der Waals surface area contributed by atoms with Crippen molar-refractivity contribution in [1.29, 1.82) is 0 Å². The fourth-order valence-corrected chi connectivity index (χ4v) is 3.09.